The number of ether oxygens (including phenoxy) is 1. The van der Waals surface area contributed by atoms with Gasteiger partial charge in [0.05, 0.1) is 13.0 Å². The number of esters is 1. The van der Waals surface area contributed by atoms with Gasteiger partial charge in [0.2, 0.25) is 0 Å². The van der Waals surface area contributed by atoms with Gasteiger partial charge in [-0.3, -0.25) is 4.79 Å². The minimum Gasteiger partial charge on any atom is -0.469 e. The SMILES string of the molecule is CCC(C)C(=O)OC.Cl. The number of carbonyl (C=O) groups excluding carboxylic acids is 1. The molecule has 2 nitrogen and oxygen atoms in total. The summed E-state index contributed by atoms with van der Waals surface area (Å²) in [6.07, 6.45) is 0.854. The smallest absolute Gasteiger partial charge is 0.308 e. The van der Waals surface area contributed by atoms with E-state index in [0.29, 0.717) is 0 Å². The molecule has 0 N–H and O–H groups in total. The highest BCUT2D eigenvalue weighted by molar-refractivity contribution is 5.85. The minimum atomic E-state index is -0.118. The fraction of sp³-hybridized carbons (Fsp3) is 0.833. The van der Waals surface area contributed by atoms with Crippen LogP contribution in [0.1, 0.15) is 20.3 Å². The molecule has 0 bridgehead atoms. The quantitative estimate of drug-likeness (QED) is 0.563. The molecule has 0 saturated heterocycles. The van der Waals surface area contributed by atoms with Crippen molar-refractivity contribution in [3.8, 4) is 0 Å². The zero-order valence-electron chi connectivity index (χ0n) is 6.01. The van der Waals surface area contributed by atoms with Gasteiger partial charge >= 0.3 is 5.97 Å². The predicted octanol–water partition coefficient (Wildman–Crippen LogP) is 1.63. The highest BCUT2D eigenvalue weighted by atomic mass is 35.5. The van der Waals surface area contributed by atoms with Crippen molar-refractivity contribution >= 4 is 18.4 Å². The van der Waals surface area contributed by atoms with E-state index >= 15 is 0 Å². The summed E-state index contributed by atoms with van der Waals surface area (Å²) in [5.41, 5.74) is 0. The Balaban J connectivity index is 0. The molecule has 0 aromatic heterocycles. The minimum absolute atomic E-state index is 0. The van der Waals surface area contributed by atoms with Crippen molar-refractivity contribution in [2.45, 2.75) is 20.3 Å². The highest BCUT2D eigenvalue weighted by Gasteiger charge is 2.08. The van der Waals surface area contributed by atoms with Crippen LogP contribution in [-0.2, 0) is 9.53 Å². The molecule has 0 aromatic carbocycles. The van der Waals surface area contributed by atoms with Gasteiger partial charge in [-0.1, -0.05) is 13.8 Å². The molecule has 3 heteroatoms. The molecular weight excluding hydrogens is 140 g/mol. The third-order valence-corrected chi connectivity index (χ3v) is 1.22. The van der Waals surface area contributed by atoms with Crippen LogP contribution in [0.2, 0.25) is 0 Å². The summed E-state index contributed by atoms with van der Waals surface area (Å²) in [5.74, 6) is -0.0625. The standard InChI is InChI=1S/C6H12O2.ClH/c1-4-5(2)6(7)8-3;/h5H,4H2,1-3H3;1H. The first-order valence-corrected chi connectivity index (χ1v) is 2.80. The van der Waals surface area contributed by atoms with E-state index in [2.05, 4.69) is 4.74 Å². The van der Waals surface area contributed by atoms with Crippen molar-refractivity contribution in [2.24, 2.45) is 5.92 Å². The summed E-state index contributed by atoms with van der Waals surface area (Å²) >= 11 is 0. The first kappa shape index (κ1) is 11.5. The Morgan fingerprint density at radius 1 is 1.67 bits per heavy atom. The number of carbonyl (C=O) groups is 1. The lowest BCUT2D eigenvalue weighted by Crippen LogP contribution is -2.10. The topological polar surface area (TPSA) is 26.3 Å². The van der Waals surface area contributed by atoms with Gasteiger partial charge in [-0.15, -0.1) is 12.4 Å². The van der Waals surface area contributed by atoms with E-state index in [0.717, 1.165) is 6.42 Å². The van der Waals surface area contributed by atoms with E-state index in [-0.39, 0.29) is 24.3 Å². The molecule has 0 spiro atoms. The van der Waals surface area contributed by atoms with Gasteiger partial charge in [-0.05, 0) is 6.42 Å². The molecule has 1 atom stereocenters. The molecule has 0 heterocycles. The zero-order chi connectivity index (χ0) is 6.57. The maximum absolute atomic E-state index is 10.5. The summed E-state index contributed by atoms with van der Waals surface area (Å²) in [6, 6.07) is 0. The molecule has 0 aliphatic carbocycles. The Kier molecular flexibility index (Phi) is 7.55. The van der Waals surface area contributed by atoms with Gasteiger partial charge in [-0.2, -0.15) is 0 Å². The van der Waals surface area contributed by atoms with Crippen LogP contribution in [0.3, 0.4) is 0 Å². The third kappa shape index (κ3) is 4.28. The van der Waals surface area contributed by atoms with Crippen molar-refractivity contribution in [2.75, 3.05) is 7.11 Å². The van der Waals surface area contributed by atoms with Crippen molar-refractivity contribution in [3.05, 3.63) is 0 Å². The Morgan fingerprint density at radius 3 is 2.22 bits per heavy atom. The second-order valence-corrected chi connectivity index (χ2v) is 1.83. The average molecular weight is 153 g/mol. The highest BCUT2D eigenvalue weighted by Crippen LogP contribution is 2.00. The Bertz CT molecular complexity index is 83.1. The Morgan fingerprint density at radius 2 is 2.11 bits per heavy atom. The second-order valence-electron chi connectivity index (χ2n) is 1.83. The number of hydrogen-bond acceptors (Lipinski definition) is 2. The van der Waals surface area contributed by atoms with Crippen LogP contribution >= 0.6 is 12.4 Å². The van der Waals surface area contributed by atoms with Crippen molar-refractivity contribution in [1.82, 2.24) is 0 Å². The van der Waals surface area contributed by atoms with Crippen LogP contribution in [0.25, 0.3) is 0 Å². The van der Waals surface area contributed by atoms with E-state index in [9.17, 15) is 4.79 Å². The Labute approximate surface area is 62.0 Å². The second kappa shape index (κ2) is 5.89. The molecule has 0 aromatic rings. The predicted molar refractivity (Wildman–Crippen MR) is 38.7 cm³/mol. The molecule has 56 valence electrons. The van der Waals surface area contributed by atoms with Crippen LogP contribution < -0.4 is 0 Å². The largest absolute Gasteiger partial charge is 0.469 e. The lowest BCUT2D eigenvalue weighted by Gasteiger charge is -2.02. The van der Waals surface area contributed by atoms with Crippen molar-refractivity contribution in [1.29, 1.82) is 0 Å². The molecule has 0 fully saturated rings. The van der Waals surface area contributed by atoms with Crippen LogP contribution in [0.15, 0.2) is 0 Å². The van der Waals surface area contributed by atoms with Crippen molar-refractivity contribution < 1.29 is 9.53 Å². The Hall–Kier alpha value is -0.240. The van der Waals surface area contributed by atoms with Gasteiger partial charge in [0.25, 0.3) is 0 Å². The zero-order valence-corrected chi connectivity index (χ0v) is 6.83. The van der Waals surface area contributed by atoms with E-state index in [4.69, 9.17) is 0 Å². The van der Waals surface area contributed by atoms with Crippen LogP contribution in [-0.4, -0.2) is 13.1 Å². The fourth-order valence-corrected chi connectivity index (χ4v) is 0.368. The van der Waals surface area contributed by atoms with Gasteiger partial charge < -0.3 is 4.74 Å². The summed E-state index contributed by atoms with van der Waals surface area (Å²) < 4.78 is 4.46. The average Bonchev–Trinajstić information content (AvgIpc) is 1.84. The molecule has 0 amide bonds. The maximum Gasteiger partial charge on any atom is 0.308 e. The molecule has 9 heavy (non-hydrogen) atoms. The van der Waals surface area contributed by atoms with Gasteiger partial charge in [-0.25, -0.2) is 0 Å². The van der Waals surface area contributed by atoms with E-state index in [1.807, 2.05) is 13.8 Å². The van der Waals surface area contributed by atoms with Crippen LogP contribution in [0, 0.1) is 5.92 Å². The van der Waals surface area contributed by atoms with E-state index in [1.165, 1.54) is 7.11 Å². The van der Waals surface area contributed by atoms with E-state index in [1.54, 1.807) is 0 Å². The fourth-order valence-electron chi connectivity index (χ4n) is 0.368. The molecule has 0 rings (SSSR count). The van der Waals surface area contributed by atoms with E-state index < -0.39 is 0 Å². The first-order chi connectivity index (χ1) is 3.72. The molecule has 0 aliphatic rings. The van der Waals surface area contributed by atoms with Crippen LogP contribution in [0.4, 0.5) is 0 Å². The van der Waals surface area contributed by atoms with Gasteiger partial charge in [0, 0.05) is 0 Å². The molecule has 1 unspecified atom stereocenters. The van der Waals surface area contributed by atoms with Gasteiger partial charge in [0.1, 0.15) is 0 Å². The summed E-state index contributed by atoms with van der Waals surface area (Å²) in [7, 11) is 1.41. The third-order valence-electron chi connectivity index (χ3n) is 1.22. The number of hydrogen-bond donors (Lipinski definition) is 0. The first-order valence-electron chi connectivity index (χ1n) is 2.80. The lowest BCUT2D eigenvalue weighted by molar-refractivity contribution is -0.144. The van der Waals surface area contributed by atoms with Gasteiger partial charge in [0.15, 0.2) is 0 Å². The molecule has 0 aliphatic heterocycles. The molecule has 0 radical (unpaired) electrons. The molecule has 0 saturated carbocycles. The summed E-state index contributed by atoms with van der Waals surface area (Å²) in [5, 5.41) is 0. The normalized spacial score (nSPS) is 11.4. The number of rotatable bonds is 2. The number of halogens is 1. The summed E-state index contributed by atoms with van der Waals surface area (Å²) in [6.45, 7) is 3.81. The maximum atomic E-state index is 10.5. The summed E-state index contributed by atoms with van der Waals surface area (Å²) in [4.78, 5) is 10.5. The number of methoxy groups -OCH3 is 1. The van der Waals surface area contributed by atoms with Crippen molar-refractivity contribution in [3.63, 3.8) is 0 Å². The van der Waals surface area contributed by atoms with Crippen LogP contribution in [0.5, 0.6) is 0 Å². The molecular formula is C6H13ClO2. The lowest BCUT2D eigenvalue weighted by atomic mass is 10.1. The monoisotopic (exact) mass is 152 g/mol.